The van der Waals surface area contributed by atoms with Gasteiger partial charge in [0.1, 0.15) is 21.9 Å². The molecule has 0 spiro atoms. The van der Waals surface area contributed by atoms with Gasteiger partial charge in [-0.15, -0.1) is 11.3 Å². The zero-order chi connectivity index (χ0) is 27.2. The number of thiazole rings is 1. The van der Waals surface area contributed by atoms with E-state index in [2.05, 4.69) is 21.3 Å². The molecule has 204 valence electrons. The minimum atomic E-state index is -2.96. The summed E-state index contributed by atoms with van der Waals surface area (Å²) in [5.41, 5.74) is 1.86. The first-order valence-corrected chi connectivity index (χ1v) is 16.1. The number of aryl methyl sites for hydroxylation is 1. The number of oxazole rings is 1. The molecule has 2 aromatic heterocycles. The largest absolute Gasteiger partial charge is 0.439 e. The van der Waals surface area contributed by atoms with E-state index < -0.39 is 15.4 Å². The minimum absolute atomic E-state index is 0.0771. The van der Waals surface area contributed by atoms with E-state index in [0.717, 1.165) is 52.5 Å². The summed E-state index contributed by atoms with van der Waals surface area (Å²) in [6, 6.07) is 10.3. The molecule has 1 aromatic carbocycles. The number of anilines is 1. The summed E-state index contributed by atoms with van der Waals surface area (Å²) >= 11 is 1.51. The number of carbonyl (C=O) groups is 1. The van der Waals surface area contributed by atoms with E-state index in [-0.39, 0.29) is 29.2 Å². The molecule has 0 bridgehead atoms. The molecule has 6 rings (SSSR count). The highest BCUT2D eigenvalue weighted by atomic mass is 32.2. The van der Waals surface area contributed by atoms with Crippen LogP contribution in [0.1, 0.15) is 55.2 Å². The molecule has 1 saturated heterocycles. The summed E-state index contributed by atoms with van der Waals surface area (Å²) in [5, 5.41) is 13.5. The Morgan fingerprint density at radius 1 is 1.18 bits per heavy atom. The van der Waals surface area contributed by atoms with E-state index in [1.165, 1.54) is 11.3 Å². The van der Waals surface area contributed by atoms with Gasteiger partial charge in [0.05, 0.1) is 28.8 Å². The third kappa shape index (κ3) is 5.32. The van der Waals surface area contributed by atoms with Crippen LogP contribution in [0.15, 0.2) is 34.9 Å². The first kappa shape index (κ1) is 26.0. The average molecular weight is 566 g/mol. The smallest absolute Gasteiger partial charge is 0.238 e. The van der Waals surface area contributed by atoms with Crippen LogP contribution in [0.25, 0.3) is 22.0 Å². The van der Waals surface area contributed by atoms with E-state index in [1.54, 1.807) is 6.20 Å². The lowest BCUT2D eigenvalue weighted by atomic mass is 9.76. The minimum Gasteiger partial charge on any atom is -0.439 e. The van der Waals surface area contributed by atoms with Gasteiger partial charge in [-0.3, -0.25) is 4.79 Å². The van der Waals surface area contributed by atoms with E-state index in [9.17, 15) is 18.5 Å². The maximum atomic E-state index is 13.4. The Bertz CT molecular complexity index is 1520. The summed E-state index contributed by atoms with van der Waals surface area (Å²) in [4.78, 5) is 25.6. The van der Waals surface area contributed by atoms with Crippen molar-refractivity contribution in [1.82, 2.24) is 15.3 Å². The quantitative estimate of drug-likeness (QED) is 0.464. The molecule has 3 aliphatic rings. The van der Waals surface area contributed by atoms with Gasteiger partial charge in [0.25, 0.3) is 0 Å². The summed E-state index contributed by atoms with van der Waals surface area (Å²) < 4.78 is 30.2. The molecule has 9 nitrogen and oxygen atoms in total. The molecule has 11 heteroatoms. The molecule has 2 saturated carbocycles. The van der Waals surface area contributed by atoms with Gasteiger partial charge in [-0.1, -0.05) is 25.0 Å². The van der Waals surface area contributed by atoms with Crippen LogP contribution in [0.5, 0.6) is 0 Å². The van der Waals surface area contributed by atoms with Crippen molar-refractivity contribution in [3.63, 3.8) is 0 Å². The number of nitriles is 1. The average Bonchev–Trinajstić information content (AvgIpc) is 3.35. The molecule has 2 atom stereocenters. The number of sulfone groups is 1. The fourth-order valence-corrected chi connectivity index (χ4v) is 7.54. The van der Waals surface area contributed by atoms with Gasteiger partial charge >= 0.3 is 0 Å². The molecule has 3 aromatic rings. The molecular weight excluding hydrogens is 534 g/mol. The zero-order valence-corrected chi connectivity index (χ0v) is 23.5. The number of carbonyl (C=O) groups excluding carboxylic acids is 1. The Hall–Kier alpha value is -3.23. The number of benzene rings is 1. The zero-order valence-electron chi connectivity index (χ0n) is 21.9. The van der Waals surface area contributed by atoms with Crippen molar-refractivity contribution in [2.24, 2.45) is 5.92 Å². The molecule has 1 amide bonds. The maximum Gasteiger partial charge on any atom is 0.238 e. The number of aromatic nitrogens is 2. The molecule has 1 aliphatic heterocycles. The summed E-state index contributed by atoms with van der Waals surface area (Å²) in [7, 11) is -2.96. The lowest BCUT2D eigenvalue weighted by Crippen LogP contribution is -2.42. The predicted molar refractivity (Wildman–Crippen MR) is 149 cm³/mol. The highest BCUT2D eigenvalue weighted by molar-refractivity contribution is 7.91. The Morgan fingerprint density at radius 3 is 2.54 bits per heavy atom. The van der Waals surface area contributed by atoms with Crippen molar-refractivity contribution < 1.29 is 17.6 Å². The Labute approximate surface area is 232 Å². The van der Waals surface area contributed by atoms with Crippen molar-refractivity contribution in [3.05, 3.63) is 41.2 Å². The van der Waals surface area contributed by atoms with Crippen LogP contribution in [-0.2, 0) is 14.6 Å². The van der Waals surface area contributed by atoms with Crippen LogP contribution in [-0.4, -0.2) is 54.4 Å². The second-order valence-electron chi connectivity index (χ2n) is 10.8. The molecule has 2 unspecified atom stereocenters. The van der Waals surface area contributed by atoms with Crippen LogP contribution >= 0.6 is 11.3 Å². The molecular formula is C28H31N5O4S2. The van der Waals surface area contributed by atoms with E-state index >= 15 is 0 Å². The van der Waals surface area contributed by atoms with E-state index in [1.807, 2.05) is 31.2 Å². The van der Waals surface area contributed by atoms with Gasteiger partial charge in [0.15, 0.2) is 9.84 Å². The van der Waals surface area contributed by atoms with Gasteiger partial charge in [-0.25, -0.2) is 18.4 Å². The highest BCUT2D eigenvalue weighted by Crippen LogP contribution is 2.45. The van der Waals surface area contributed by atoms with Crippen LogP contribution in [0, 0.1) is 24.2 Å². The van der Waals surface area contributed by atoms with Crippen LogP contribution < -0.4 is 10.2 Å². The van der Waals surface area contributed by atoms with Crippen LogP contribution in [0.4, 0.5) is 5.69 Å². The number of hydrogen-bond donors (Lipinski definition) is 1. The third-order valence-electron chi connectivity index (χ3n) is 8.10. The predicted octanol–water partition coefficient (Wildman–Crippen LogP) is 4.45. The van der Waals surface area contributed by atoms with Crippen molar-refractivity contribution >= 4 is 32.8 Å². The Kier molecular flexibility index (Phi) is 6.71. The SMILES string of the molecule is Cc1ncc(-c2nc(-c3ccc(N4CCS(=O)(=O)CC4)cc3)c(C3CCCCC3C(=O)NC3(C#N)CC3)o2)s1. The van der Waals surface area contributed by atoms with Crippen molar-refractivity contribution in [3.8, 4) is 28.1 Å². The van der Waals surface area contributed by atoms with Gasteiger partial charge in [0, 0.05) is 36.2 Å². The summed E-state index contributed by atoms with van der Waals surface area (Å²) in [6.45, 7) is 2.90. The number of rotatable bonds is 6. The molecule has 1 N–H and O–H groups in total. The Morgan fingerprint density at radius 2 is 1.90 bits per heavy atom. The van der Waals surface area contributed by atoms with Crippen LogP contribution in [0.3, 0.4) is 0 Å². The maximum absolute atomic E-state index is 13.4. The normalized spacial score (nSPS) is 23.6. The Balaban J connectivity index is 1.34. The first-order valence-electron chi connectivity index (χ1n) is 13.5. The first-order chi connectivity index (χ1) is 18.8. The van der Waals surface area contributed by atoms with Crippen LogP contribution in [0.2, 0.25) is 0 Å². The molecule has 3 fully saturated rings. The number of hydrogen-bond acceptors (Lipinski definition) is 9. The second kappa shape index (κ2) is 10.1. The van der Waals surface area contributed by atoms with Crippen molar-refractivity contribution in [2.75, 3.05) is 29.5 Å². The molecule has 0 radical (unpaired) electrons. The topological polar surface area (TPSA) is 129 Å². The second-order valence-corrected chi connectivity index (χ2v) is 14.4. The van der Waals surface area contributed by atoms with Gasteiger partial charge < -0.3 is 14.6 Å². The highest BCUT2D eigenvalue weighted by Gasteiger charge is 2.47. The van der Waals surface area contributed by atoms with Crippen molar-refractivity contribution in [1.29, 1.82) is 5.26 Å². The van der Waals surface area contributed by atoms with Gasteiger partial charge in [-0.05, 0) is 44.7 Å². The number of nitrogens with zero attached hydrogens (tertiary/aromatic N) is 4. The van der Waals surface area contributed by atoms with Crippen molar-refractivity contribution in [2.45, 2.75) is 56.9 Å². The number of amides is 1. The monoisotopic (exact) mass is 565 g/mol. The lowest BCUT2D eigenvalue weighted by Gasteiger charge is -2.30. The fraction of sp³-hybridized carbons (Fsp3) is 0.500. The standard InChI is InChI=1S/C28H31N5O4S2/c1-18-30-16-23(38-18)27-31-24(19-6-8-20(9-7-19)33-12-14-39(35,36)15-13-33)25(37-27)21-4-2-3-5-22(21)26(34)32-28(17-29)10-11-28/h6-9,16,21-22H,2-5,10-15H2,1H3,(H,32,34). The van der Waals surface area contributed by atoms with E-state index in [4.69, 9.17) is 9.40 Å². The fourth-order valence-electron chi connectivity index (χ4n) is 5.63. The lowest BCUT2D eigenvalue weighted by molar-refractivity contribution is -0.127. The number of nitrogens with one attached hydrogen (secondary N) is 1. The molecule has 3 heterocycles. The molecule has 2 aliphatic carbocycles. The summed E-state index contributed by atoms with van der Waals surface area (Å²) in [5.74, 6) is 1.01. The molecule has 39 heavy (non-hydrogen) atoms. The summed E-state index contributed by atoms with van der Waals surface area (Å²) in [6.07, 6.45) is 6.66. The third-order valence-corrected chi connectivity index (χ3v) is 10.6. The van der Waals surface area contributed by atoms with Gasteiger partial charge in [-0.2, -0.15) is 5.26 Å². The van der Waals surface area contributed by atoms with E-state index in [0.29, 0.717) is 37.6 Å². The van der Waals surface area contributed by atoms with Gasteiger partial charge in [0.2, 0.25) is 11.8 Å².